The van der Waals surface area contributed by atoms with Crippen LogP contribution in [0.2, 0.25) is 0 Å². The summed E-state index contributed by atoms with van der Waals surface area (Å²) in [5, 5.41) is 17.8. The average Bonchev–Trinajstić information content (AvgIpc) is 2.93. The third kappa shape index (κ3) is 9.77. The summed E-state index contributed by atoms with van der Waals surface area (Å²) >= 11 is 0. The predicted octanol–water partition coefficient (Wildman–Crippen LogP) is 5.88. The number of ether oxygens (including phenoxy) is 4. The van der Waals surface area contributed by atoms with E-state index in [0.717, 1.165) is 49.0 Å². The zero-order chi connectivity index (χ0) is 28.7. The number of carbonyl (C=O) groups is 3. The Hall–Kier alpha value is -3.75. The second-order valence-corrected chi connectivity index (χ2v) is 9.81. The molecule has 40 heavy (non-hydrogen) atoms. The van der Waals surface area contributed by atoms with Gasteiger partial charge in [0, 0.05) is 24.8 Å². The molecule has 9 heteroatoms. The smallest absolute Gasteiger partial charge is 0.303 e. The fourth-order valence-electron chi connectivity index (χ4n) is 4.53. The minimum Gasteiger partial charge on any atom is -0.494 e. The van der Waals surface area contributed by atoms with Gasteiger partial charge in [-0.15, -0.1) is 0 Å². The summed E-state index contributed by atoms with van der Waals surface area (Å²) < 4.78 is 23.6. The lowest BCUT2D eigenvalue weighted by molar-refractivity contribution is -0.138. The van der Waals surface area contributed by atoms with Crippen LogP contribution < -0.4 is 18.9 Å². The molecule has 2 aromatic carbocycles. The first-order valence-corrected chi connectivity index (χ1v) is 14.2. The van der Waals surface area contributed by atoms with E-state index in [-0.39, 0.29) is 18.6 Å². The van der Waals surface area contributed by atoms with Crippen LogP contribution in [-0.2, 0) is 22.4 Å². The monoisotopic (exact) mass is 556 g/mol. The van der Waals surface area contributed by atoms with Gasteiger partial charge in [-0.25, -0.2) is 0 Å². The third-order valence-corrected chi connectivity index (χ3v) is 6.59. The Kier molecular flexibility index (Phi) is 12.6. The fourth-order valence-corrected chi connectivity index (χ4v) is 4.53. The molecule has 0 saturated heterocycles. The summed E-state index contributed by atoms with van der Waals surface area (Å²) in [6, 6.07) is 9.08. The number of ketones is 1. The first-order chi connectivity index (χ1) is 19.4. The molecular formula is C31H40O9. The van der Waals surface area contributed by atoms with Gasteiger partial charge < -0.3 is 29.2 Å². The Balaban J connectivity index is 1.43. The Morgan fingerprint density at radius 1 is 0.825 bits per heavy atom. The molecule has 0 amide bonds. The number of benzene rings is 2. The van der Waals surface area contributed by atoms with Crippen molar-refractivity contribution < 1.29 is 43.5 Å². The number of unbranched alkanes of at least 4 members (excludes halogenated alkanes) is 3. The highest BCUT2D eigenvalue weighted by Crippen LogP contribution is 2.36. The molecule has 1 heterocycles. The maximum absolute atomic E-state index is 12.2. The molecule has 1 aliphatic heterocycles. The van der Waals surface area contributed by atoms with E-state index in [0.29, 0.717) is 74.9 Å². The standard InChI is InChI=1S/C31H40O9/c1-2-8-25-28(14-12-24-26(32)16-20-40-31(24)25)39-18-6-3-5-17-37-23-11-13-27(22(21-23)10-15-30(35)36)38-19-7-4-9-29(33)34/h11-14,21H,2-10,15-20H2,1H3,(H,33,34)(H,35,36). The van der Waals surface area contributed by atoms with Crippen LogP contribution in [0.15, 0.2) is 30.3 Å². The van der Waals surface area contributed by atoms with Crippen LogP contribution >= 0.6 is 0 Å². The molecule has 3 rings (SSSR count). The van der Waals surface area contributed by atoms with Gasteiger partial charge in [0.25, 0.3) is 0 Å². The molecule has 0 saturated carbocycles. The van der Waals surface area contributed by atoms with Crippen LogP contribution in [0, 0.1) is 0 Å². The first-order valence-electron chi connectivity index (χ1n) is 14.2. The van der Waals surface area contributed by atoms with E-state index in [4.69, 9.17) is 29.2 Å². The number of carboxylic acid groups (broad SMARTS) is 2. The van der Waals surface area contributed by atoms with Gasteiger partial charge in [0.2, 0.25) is 0 Å². The average molecular weight is 557 g/mol. The first kappa shape index (κ1) is 30.8. The summed E-state index contributed by atoms with van der Waals surface area (Å²) in [4.78, 5) is 34.0. The van der Waals surface area contributed by atoms with Gasteiger partial charge in [-0.3, -0.25) is 14.4 Å². The molecule has 0 bridgehead atoms. The van der Waals surface area contributed by atoms with Crippen LogP contribution in [0.25, 0.3) is 0 Å². The highest BCUT2D eigenvalue weighted by atomic mass is 16.5. The predicted molar refractivity (Wildman–Crippen MR) is 149 cm³/mol. The van der Waals surface area contributed by atoms with E-state index in [9.17, 15) is 14.4 Å². The van der Waals surface area contributed by atoms with Crippen molar-refractivity contribution in [2.24, 2.45) is 0 Å². The van der Waals surface area contributed by atoms with Gasteiger partial charge in [-0.2, -0.15) is 0 Å². The topological polar surface area (TPSA) is 129 Å². The van der Waals surface area contributed by atoms with E-state index in [1.807, 2.05) is 12.1 Å². The molecule has 218 valence electrons. The van der Waals surface area contributed by atoms with E-state index in [1.165, 1.54) is 0 Å². The molecule has 2 N–H and O–H groups in total. The van der Waals surface area contributed by atoms with Gasteiger partial charge in [0.05, 0.1) is 32.0 Å². The lowest BCUT2D eigenvalue weighted by Gasteiger charge is -2.22. The maximum Gasteiger partial charge on any atom is 0.303 e. The number of fused-ring (bicyclic) bond motifs is 1. The number of Topliss-reactive ketones (excluding diaryl/α,β-unsaturated/α-hetero) is 1. The van der Waals surface area contributed by atoms with Crippen molar-refractivity contribution in [1.29, 1.82) is 0 Å². The molecule has 1 aliphatic rings. The highest BCUT2D eigenvalue weighted by molar-refractivity contribution is 6.00. The van der Waals surface area contributed by atoms with Crippen LogP contribution in [-0.4, -0.2) is 54.4 Å². The molecule has 0 atom stereocenters. The maximum atomic E-state index is 12.2. The number of hydrogen-bond acceptors (Lipinski definition) is 7. The molecule has 0 aromatic heterocycles. The van der Waals surface area contributed by atoms with Gasteiger partial charge in [-0.1, -0.05) is 13.3 Å². The molecule has 9 nitrogen and oxygen atoms in total. The van der Waals surface area contributed by atoms with Crippen LogP contribution in [0.1, 0.15) is 86.2 Å². The Labute approximate surface area is 235 Å². The van der Waals surface area contributed by atoms with Gasteiger partial charge in [0.15, 0.2) is 5.78 Å². The molecule has 0 unspecified atom stereocenters. The quantitative estimate of drug-likeness (QED) is 0.204. The summed E-state index contributed by atoms with van der Waals surface area (Å²) in [6.07, 6.45) is 6.25. The van der Waals surface area contributed by atoms with Crippen LogP contribution in [0.5, 0.6) is 23.0 Å². The van der Waals surface area contributed by atoms with Crippen molar-refractivity contribution in [2.75, 3.05) is 26.4 Å². The van der Waals surface area contributed by atoms with Crippen LogP contribution in [0.3, 0.4) is 0 Å². The summed E-state index contributed by atoms with van der Waals surface area (Å²) in [6.45, 7) is 3.95. The van der Waals surface area contributed by atoms with Crippen LogP contribution in [0.4, 0.5) is 0 Å². The van der Waals surface area contributed by atoms with Gasteiger partial charge >= 0.3 is 11.9 Å². The fraction of sp³-hybridized carbons (Fsp3) is 0.516. The number of carbonyl (C=O) groups excluding carboxylic acids is 1. The summed E-state index contributed by atoms with van der Waals surface area (Å²) in [7, 11) is 0. The van der Waals surface area contributed by atoms with E-state index in [2.05, 4.69) is 6.92 Å². The van der Waals surface area contributed by atoms with Crippen molar-refractivity contribution in [3.8, 4) is 23.0 Å². The zero-order valence-corrected chi connectivity index (χ0v) is 23.2. The van der Waals surface area contributed by atoms with Gasteiger partial charge in [0.1, 0.15) is 23.0 Å². The molecular weight excluding hydrogens is 516 g/mol. The van der Waals surface area contributed by atoms with Crippen molar-refractivity contribution in [2.45, 2.75) is 77.6 Å². The van der Waals surface area contributed by atoms with E-state index in [1.54, 1.807) is 18.2 Å². The Morgan fingerprint density at radius 2 is 1.50 bits per heavy atom. The second-order valence-electron chi connectivity index (χ2n) is 9.81. The second kappa shape index (κ2) is 16.4. The zero-order valence-electron chi connectivity index (χ0n) is 23.2. The molecule has 0 spiro atoms. The third-order valence-electron chi connectivity index (χ3n) is 6.59. The lowest BCUT2D eigenvalue weighted by Crippen LogP contribution is -2.17. The minimum atomic E-state index is -0.890. The molecule has 0 fully saturated rings. The Bertz CT molecular complexity index is 1140. The number of rotatable bonds is 19. The SMILES string of the molecule is CCCc1c(OCCCCCOc2ccc(OCCCCC(=O)O)c(CCC(=O)O)c2)ccc2c1OCCC2=O. The van der Waals surface area contributed by atoms with Gasteiger partial charge in [-0.05, 0) is 80.8 Å². The lowest BCUT2D eigenvalue weighted by atomic mass is 9.98. The van der Waals surface area contributed by atoms with Crippen molar-refractivity contribution in [3.63, 3.8) is 0 Å². The van der Waals surface area contributed by atoms with Crippen molar-refractivity contribution in [1.82, 2.24) is 0 Å². The van der Waals surface area contributed by atoms with Crippen molar-refractivity contribution in [3.05, 3.63) is 47.0 Å². The number of carboxylic acids is 2. The largest absolute Gasteiger partial charge is 0.494 e. The minimum absolute atomic E-state index is 0.0224. The van der Waals surface area contributed by atoms with E-state index < -0.39 is 11.9 Å². The Morgan fingerprint density at radius 3 is 2.23 bits per heavy atom. The normalized spacial score (nSPS) is 12.4. The summed E-state index contributed by atoms with van der Waals surface area (Å²) in [5.41, 5.74) is 2.38. The molecule has 0 radical (unpaired) electrons. The van der Waals surface area contributed by atoms with Crippen molar-refractivity contribution >= 4 is 17.7 Å². The van der Waals surface area contributed by atoms with E-state index >= 15 is 0 Å². The number of hydrogen-bond donors (Lipinski definition) is 2. The highest BCUT2D eigenvalue weighted by Gasteiger charge is 2.23. The molecule has 2 aromatic rings. The molecule has 0 aliphatic carbocycles. The summed E-state index contributed by atoms with van der Waals surface area (Å²) in [5.74, 6) is 1.11. The number of aryl methyl sites for hydroxylation is 1. The number of aliphatic carboxylic acids is 2.